The van der Waals surface area contributed by atoms with Crippen LogP contribution in [0, 0.1) is 11.8 Å². The topological polar surface area (TPSA) is 71.1 Å². The monoisotopic (exact) mass is 428 g/mol. The summed E-state index contributed by atoms with van der Waals surface area (Å²) in [5, 5.41) is 0. The van der Waals surface area contributed by atoms with Crippen molar-refractivity contribution in [2.75, 3.05) is 19.8 Å². The molecule has 2 aromatic rings. The van der Waals surface area contributed by atoms with E-state index in [4.69, 9.17) is 18.9 Å². The molecule has 1 atom stereocenters. The smallest absolute Gasteiger partial charge is 0.338 e. The first kappa shape index (κ1) is 24.3. The SMILES string of the molecule is CC(C)COc1ccc(C(=O)OCC(C)OC(=O)c2ccc(OCC(C)C)cc2)cc1. The number of esters is 2. The molecule has 0 spiro atoms. The zero-order valence-corrected chi connectivity index (χ0v) is 18.9. The van der Waals surface area contributed by atoms with Crippen molar-refractivity contribution in [1.29, 1.82) is 0 Å². The highest BCUT2D eigenvalue weighted by atomic mass is 16.6. The van der Waals surface area contributed by atoms with Crippen molar-refractivity contribution >= 4 is 11.9 Å². The lowest BCUT2D eigenvalue weighted by atomic mass is 10.2. The van der Waals surface area contributed by atoms with Crippen LogP contribution >= 0.6 is 0 Å². The van der Waals surface area contributed by atoms with Crippen LogP contribution in [0.1, 0.15) is 55.3 Å². The maximum atomic E-state index is 12.3. The molecule has 168 valence electrons. The quantitative estimate of drug-likeness (QED) is 0.461. The lowest BCUT2D eigenvalue weighted by Crippen LogP contribution is -2.22. The van der Waals surface area contributed by atoms with Crippen LogP contribution in [0.15, 0.2) is 48.5 Å². The Bertz CT molecular complexity index is 824. The first-order valence-electron chi connectivity index (χ1n) is 10.6. The molecule has 6 nitrogen and oxygen atoms in total. The average molecular weight is 429 g/mol. The van der Waals surface area contributed by atoms with E-state index in [0.717, 1.165) is 0 Å². The maximum Gasteiger partial charge on any atom is 0.338 e. The molecule has 0 aliphatic rings. The lowest BCUT2D eigenvalue weighted by Gasteiger charge is -2.14. The maximum absolute atomic E-state index is 12.3. The van der Waals surface area contributed by atoms with E-state index < -0.39 is 18.0 Å². The molecule has 0 aliphatic carbocycles. The van der Waals surface area contributed by atoms with Crippen LogP contribution in [-0.2, 0) is 9.47 Å². The molecule has 0 aliphatic heterocycles. The summed E-state index contributed by atoms with van der Waals surface area (Å²) in [5.74, 6) is 1.28. The summed E-state index contributed by atoms with van der Waals surface area (Å²) in [5.41, 5.74) is 0.819. The van der Waals surface area contributed by atoms with Crippen LogP contribution in [-0.4, -0.2) is 37.9 Å². The molecule has 0 aromatic heterocycles. The molecular weight excluding hydrogens is 396 g/mol. The van der Waals surface area contributed by atoms with E-state index in [2.05, 4.69) is 27.7 Å². The predicted molar refractivity (Wildman–Crippen MR) is 119 cm³/mol. The molecule has 0 amide bonds. The second-order valence-corrected chi connectivity index (χ2v) is 8.27. The molecule has 0 saturated carbocycles. The molecule has 0 fully saturated rings. The van der Waals surface area contributed by atoms with Crippen LogP contribution < -0.4 is 9.47 Å². The van der Waals surface area contributed by atoms with Gasteiger partial charge < -0.3 is 18.9 Å². The number of carbonyl (C=O) groups excluding carboxylic acids is 2. The third kappa shape index (κ3) is 8.70. The summed E-state index contributed by atoms with van der Waals surface area (Å²) in [4.78, 5) is 24.5. The van der Waals surface area contributed by atoms with Gasteiger partial charge in [0, 0.05) is 0 Å². The van der Waals surface area contributed by atoms with Crippen molar-refractivity contribution in [3.63, 3.8) is 0 Å². The molecule has 0 bridgehead atoms. The van der Waals surface area contributed by atoms with Crippen LogP contribution in [0.3, 0.4) is 0 Å². The van der Waals surface area contributed by atoms with Gasteiger partial charge in [0.2, 0.25) is 0 Å². The molecule has 0 heterocycles. The highest BCUT2D eigenvalue weighted by Crippen LogP contribution is 2.16. The van der Waals surface area contributed by atoms with Gasteiger partial charge in [-0.2, -0.15) is 0 Å². The summed E-state index contributed by atoms with van der Waals surface area (Å²) in [6.45, 7) is 11.1. The van der Waals surface area contributed by atoms with Gasteiger partial charge in [0.05, 0.1) is 24.3 Å². The zero-order valence-electron chi connectivity index (χ0n) is 18.9. The summed E-state index contributed by atoms with van der Waals surface area (Å²) >= 11 is 0. The Labute approximate surface area is 184 Å². The predicted octanol–water partition coefficient (Wildman–Crippen LogP) is 5.16. The minimum atomic E-state index is -0.582. The van der Waals surface area contributed by atoms with Crippen molar-refractivity contribution < 1.29 is 28.5 Å². The van der Waals surface area contributed by atoms with Crippen LogP contribution in [0.25, 0.3) is 0 Å². The Morgan fingerprint density at radius 1 is 0.645 bits per heavy atom. The summed E-state index contributed by atoms with van der Waals surface area (Å²) in [6.07, 6.45) is -0.582. The summed E-state index contributed by atoms with van der Waals surface area (Å²) in [7, 11) is 0. The minimum Gasteiger partial charge on any atom is -0.493 e. The molecule has 2 rings (SSSR count). The van der Waals surface area contributed by atoms with E-state index in [0.29, 0.717) is 47.7 Å². The van der Waals surface area contributed by atoms with Gasteiger partial charge >= 0.3 is 11.9 Å². The first-order valence-corrected chi connectivity index (χ1v) is 10.6. The number of hydrogen-bond acceptors (Lipinski definition) is 6. The van der Waals surface area contributed by atoms with Crippen molar-refractivity contribution in [3.8, 4) is 11.5 Å². The van der Waals surface area contributed by atoms with E-state index in [-0.39, 0.29) is 6.61 Å². The Kier molecular flexibility index (Phi) is 9.38. The number of ether oxygens (including phenoxy) is 4. The fourth-order valence-corrected chi connectivity index (χ4v) is 2.46. The van der Waals surface area contributed by atoms with Gasteiger partial charge in [-0.15, -0.1) is 0 Å². The molecule has 2 aromatic carbocycles. The number of rotatable bonds is 11. The van der Waals surface area contributed by atoms with Gasteiger partial charge in [-0.1, -0.05) is 27.7 Å². The van der Waals surface area contributed by atoms with Crippen molar-refractivity contribution in [2.24, 2.45) is 11.8 Å². The van der Waals surface area contributed by atoms with Crippen molar-refractivity contribution in [2.45, 2.75) is 40.7 Å². The first-order chi connectivity index (χ1) is 14.7. The molecule has 0 N–H and O–H groups in total. The van der Waals surface area contributed by atoms with E-state index >= 15 is 0 Å². The minimum absolute atomic E-state index is 0.0360. The molecule has 0 saturated heterocycles. The number of carbonyl (C=O) groups is 2. The largest absolute Gasteiger partial charge is 0.493 e. The third-order valence-electron chi connectivity index (χ3n) is 4.10. The normalized spacial score (nSPS) is 11.8. The van der Waals surface area contributed by atoms with Gasteiger partial charge in [0.25, 0.3) is 0 Å². The van der Waals surface area contributed by atoms with Crippen molar-refractivity contribution in [3.05, 3.63) is 59.7 Å². The van der Waals surface area contributed by atoms with Gasteiger partial charge in [-0.25, -0.2) is 9.59 Å². The molecular formula is C25H32O6. The standard InChI is InChI=1S/C25H32O6/c1-17(2)14-28-22-10-6-20(7-11-22)24(26)30-16-19(5)31-25(27)21-8-12-23(13-9-21)29-15-18(3)4/h6-13,17-19H,14-16H2,1-5H3. The molecule has 6 heteroatoms. The van der Waals surface area contributed by atoms with Crippen LogP contribution in [0.5, 0.6) is 11.5 Å². The highest BCUT2D eigenvalue weighted by molar-refractivity contribution is 5.90. The van der Waals surface area contributed by atoms with Crippen molar-refractivity contribution in [1.82, 2.24) is 0 Å². The fourth-order valence-electron chi connectivity index (χ4n) is 2.46. The average Bonchev–Trinajstić information content (AvgIpc) is 2.75. The van der Waals surface area contributed by atoms with Gasteiger partial charge in [0.15, 0.2) is 0 Å². The molecule has 1 unspecified atom stereocenters. The van der Waals surface area contributed by atoms with Crippen LogP contribution in [0.4, 0.5) is 0 Å². The van der Waals surface area contributed by atoms with Gasteiger partial charge in [-0.05, 0) is 67.3 Å². The molecule has 31 heavy (non-hydrogen) atoms. The third-order valence-corrected chi connectivity index (χ3v) is 4.10. The Morgan fingerprint density at radius 2 is 1.06 bits per heavy atom. The summed E-state index contributed by atoms with van der Waals surface area (Å²) in [6, 6.07) is 13.5. The zero-order chi connectivity index (χ0) is 22.8. The Hall–Kier alpha value is -3.02. The fraction of sp³-hybridized carbons (Fsp3) is 0.440. The number of benzene rings is 2. The van der Waals surface area contributed by atoms with E-state index in [1.165, 1.54) is 0 Å². The van der Waals surface area contributed by atoms with E-state index in [1.54, 1.807) is 55.5 Å². The Morgan fingerprint density at radius 3 is 1.48 bits per heavy atom. The molecule has 0 radical (unpaired) electrons. The van der Waals surface area contributed by atoms with Gasteiger partial charge in [-0.3, -0.25) is 0 Å². The highest BCUT2D eigenvalue weighted by Gasteiger charge is 2.15. The Balaban J connectivity index is 1.78. The second kappa shape index (κ2) is 12.0. The van der Waals surface area contributed by atoms with Crippen LogP contribution in [0.2, 0.25) is 0 Å². The lowest BCUT2D eigenvalue weighted by molar-refractivity contribution is 0.00447. The van der Waals surface area contributed by atoms with E-state index in [1.807, 2.05) is 0 Å². The second-order valence-electron chi connectivity index (χ2n) is 8.27. The van der Waals surface area contributed by atoms with Gasteiger partial charge in [0.1, 0.15) is 24.2 Å². The van der Waals surface area contributed by atoms with E-state index in [9.17, 15) is 9.59 Å². The summed E-state index contributed by atoms with van der Waals surface area (Å²) < 4.78 is 21.8. The number of hydrogen-bond donors (Lipinski definition) is 0.